The first-order valence-corrected chi connectivity index (χ1v) is 5.46. The topological polar surface area (TPSA) is 3.24 Å². The Bertz CT molecular complexity index is 112. The van der Waals surface area contributed by atoms with E-state index in [9.17, 15) is 0 Å². The summed E-state index contributed by atoms with van der Waals surface area (Å²) in [5, 5.41) is 0. The molecule has 0 N–H and O–H groups in total. The maximum Gasteiger partial charge on any atom is 0.00102 e. The third-order valence-electron chi connectivity index (χ3n) is 3.14. The normalized spacial score (nSPS) is 31.2. The summed E-state index contributed by atoms with van der Waals surface area (Å²) in [5.41, 5.74) is 0. The Hall–Kier alpha value is -0.0400. The molecule has 1 nitrogen and oxygen atoms in total. The zero-order valence-electron chi connectivity index (χ0n) is 8.84. The summed E-state index contributed by atoms with van der Waals surface area (Å²) >= 11 is 0. The van der Waals surface area contributed by atoms with Crippen molar-refractivity contribution in [3.05, 3.63) is 0 Å². The Morgan fingerprint density at radius 1 is 1.08 bits per heavy atom. The lowest BCUT2D eigenvalue weighted by Crippen LogP contribution is -2.21. The van der Waals surface area contributed by atoms with Crippen molar-refractivity contribution in [2.24, 2.45) is 11.8 Å². The minimum Gasteiger partial charge on any atom is -0.303 e. The standard InChI is InChI=1S/C11H23N/c1-4-5-6-7-12-8-10(2)11(3)9-12/h10-11H,4-9H2,1-3H3. The zero-order valence-corrected chi connectivity index (χ0v) is 8.84. The van der Waals surface area contributed by atoms with E-state index >= 15 is 0 Å². The van der Waals surface area contributed by atoms with Gasteiger partial charge in [0.1, 0.15) is 0 Å². The van der Waals surface area contributed by atoms with Gasteiger partial charge in [0.25, 0.3) is 0 Å². The first kappa shape index (κ1) is 10.0. The van der Waals surface area contributed by atoms with Crippen molar-refractivity contribution in [1.82, 2.24) is 4.90 Å². The molecule has 0 aromatic rings. The smallest absolute Gasteiger partial charge is 0.00102 e. The second kappa shape index (κ2) is 4.86. The molecular formula is C11H23N. The van der Waals surface area contributed by atoms with Crippen LogP contribution in [0.5, 0.6) is 0 Å². The van der Waals surface area contributed by atoms with Crippen LogP contribution in [0, 0.1) is 11.8 Å². The van der Waals surface area contributed by atoms with Crippen LogP contribution < -0.4 is 0 Å². The highest BCUT2D eigenvalue weighted by atomic mass is 15.1. The lowest BCUT2D eigenvalue weighted by molar-refractivity contribution is 0.315. The van der Waals surface area contributed by atoms with E-state index in [2.05, 4.69) is 25.7 Å². The van der Waals surface area contributed by atoms with Crippen molar-refractivity contribution in [2.75, 3.05) is 19.6 Å². The van der Waals surface area contributed by atoms with Gasteiger partial charge in [-0.3, -0.25) is 0 Å². The maximum atomic E-state index is 2.63. The maximum absolute atomic E-state index is 2.63. The monoisotopic (exact) mass is 169 g/mol. The molecule has 2 unspecified atom stereocenters. The Labute approximate surface area is 77.1 Å². The van der Waals surface area contributed by atoms with Gasteiger partial charge in [-0.25, -0.2) is 0 Å². The lowest BCUT2D eigenvalue weighted by Gasteiger charge is -2.14. The Kier molecular flexibility index (Phi) is 4.07. The van der Waals surface area contributed by atoms with Gasteiger partial charge in [0.05, 0.1) is 0 Å². The molecule has 0 aliphatic carbocycles. The largest absolute Gasteiger partial charge is 0.303 e. The lowest BCUT2D eigenvalue weighted by atomic mass is 10.0. The SMILES string of the molecule is CCCCCN1CC(C)C(C)C1. The van der Waals surface area contributed by atoms with E-state index in [1.807, 2.05) is 0 Å². The van der Waals surface area contributed by atoms with E-state index in [1.165, 1.54) is 38.9 Å². The molecule has 1 aliphatic rings. The highest BCUT2D eigenvalue weighted by Gasteiger charge is 2.24. The van der Waals surface area contributed by atoms with Crippen LogP contribution in [0.3, 0.4) is 0 Å². The van der Waals surface area contributed by atoms with Crippen LogP contribution in [0.1, 0.15) is 40.0 Å². The molecule has 1 rings (SSSR count). The molecule has 0 amide bonds. The second-order valence-electron chi connectivity index (χ2n) is 4.42. The highest BCUT2D eigenvalue weighted by molar-refractivity contribution is 4.77. The molecule has 1 heterocycles. The number of likely N-dealkylation sites (tertiary alicyclic amines) is 1. The van der Waals surface area contributed by atoms with Crippen LogP contribution in [0.15, 0.2) is 0 Å². The van der Waals surface area contributed by atoms with E-state index in [4.69, 9.17) is 0 Å². The summed E-state index contributed by atoms with van der Waals surface area (Å²) < 4.78 is 0. The third-order valence-corrected chi connectivity index (χ3v) is 3.14. The molecular weight excluding hydrogens is 146 g/mol. The molecule has 1 heteroatoms. The fourth-order valence-electron chi connectivity index (χ4n) is 2.02. The summed E-state index contributed by atoms with van der Waals surface area (Å²) in [5.74, 6) is 1.85. The first-order chi connectivity index (χ1) is 5.74. The molecule has 0 spiro atoms. The Morgan fingerprint density at radius 2 is 1.67 bits per heavy atom. The van der Waals surface area contributed by atoms with Crippen molar-refractivity contribution < 1.29 is 0 Å². The van der Waals surface area contributed by atoms with Crippen molar-refractivity contribution in [2.45, 2.75) is 40.0 Å². The first-order valence-electron chi connectivity index (χ1n) is 5.46. The van der Waals surface area contributed by atoms with Gasteiger partial charge in [0.15, 0.2) is 0 Å². The van der Waals surface area contributed by atoms with Gasteiger partial charge in [-0.05, 0) is 24.8 Å². The molecule has 0 aromatic carbocycles. The molecule has 2 atom stereocenters. The second-order valence-corrected chi connectivity index (χ2v) is 4.42. The van der Waals surface area contributed by atoms with Gasteiger partial charge in [-0.2, -0.15) is 0 Å². The summed E-state index contributed by atoms with van der Waals surface area (Å²) in [6.07, 6.45) is 4.15. The van der Waals surface area contributed by atoms with Crippen molar-refractivity contribution in [1.29, 1.82) is 0 Å². The van der Waals surface area contributed by atoms with Crippen molar-refractivity contribution >= 4 is 0 Å². The van der Waals surface area contributed by atoms with Crippen LogP contribution >= 0.6 is 0 Å². The van der Waals surface area contributed by atoms with E-state index in [0.29, 0.717) is 0 Å². The molecule has 72 valence electrons. The summed E-state index contributed by atoms with van der Waals surface area (Å²) in [7, 11) is 0. The number of rotatable bonds is 4. The van der Waals surface area contributed by atoms with Gasteiger partial charge in [0.2, 0.25) is 0 Å². The number of hydrogen-bond acceptors (Lipinski definition) is 1. The van der Waals surface area contributed by atoms with E-state index in [1.54, 1.807) is 0 Å². The molecule has 0 aromatic heterocycles. The molecule has 0 radical (unpaired) electrons. The number of unbranched alkanes of at least 4 members (excludes halogenated alkanes) is 2. The highest BCUT2D eigenvalue weighted by Crippen LogP contribution is 2.22. The van der Waals surface area contributed by atoms with Gasteiger partial charge >= 0.3 is 0 Å². The number of hydrogen-bond donors (Lipinski definition) is 0. The fraction of sp³-hybridized carbons (Fsp3) is 1.00. The fourth-order valence-corrected chi connectivity index (χ4v) is 2.02. The minimum absolute atomic E-state index is 0.923. The van der Waals surface area contributed by atoms with E-state index < -0.39 is 0 Å². The van der Waals surface area contributed by atoms with Crippen LogP contribution in [0.2, 0.25) is 0 Å². The molecule has 1 saturated heterocycles. The predicted octanol–water partition coefficient (Wildman–Crippen LogP) is 2.76. The molecule has 0 saturated carbocycles. The average molecular weight is 169 g/mol. The van der Waals surface area contributed by atoms with Crippen molar-refractivity contribution in [3.8, 4) is 0 Å². The Morgan fingerprint density at radius 3 is 2.17 bits per heavy atom. The van der Waals surface area contributed by atoms with E-state index in [0.717, 1.165) is 11.8 Å². The number of nitrogens with zero attached hydrogens (tertiary/aromatic N) is 1. The van der Waals surface area contributed by atoms with Gasteiger partial charge in [-0.15, -0.1) is 0 Å². The molecule has 1 aliphatic heterocycles. The van der Waals surface area contributed by atoms with E-state index in [-0.39, 0.29) is 0 Å². The summed E-state index contributed by atoms with van der Waals surface area (Å²) in [6, 6.07) is 0. The quantitative estimate of drug-likeness (QED) is 0.585. The third kappa shape index (κ3) is 2.78. The van der Waals surface area contributed by atoms with Crippen molar-refractivity contribution in [3.63, 3.8) is 0 Å². The van der Waals surface area contributed by atoms with Crippen LogP contribution in [-0.2, 0) is 0 Å². The van der Waals surface area contributed by atoms with Crippen LogP contribution in [-0.4, -0.2) is 24.5 Å². The summed E-state index contributed by atoms with van der Waals surface area (Å²) in [6.45, 7) is 11.0. The summed E-state index contributed by atoms with van der Waals surface area (Å²) in [4.78, 5) is 2.63. The predicted molar refractivity (Wildman–Crippen MR) is 54.3 cm³/mol. The zero-order chi connectivity index (χ0) is 8.97. The molecule has 12 heavy (non-hydrogen) atoms. The van der Waals surface area contributed by atoms with Crippen LogP contribution in [0.4, 0.5) is 0 Å². The van der Waals surface area contributed by atoms with Gasteiger partial charge in [0, 0.05) is 13.1 Å². The van der Waals surface area contributed by atoms with Gasteiger partial charge in [-0.1, -0.05) is 33.6 Å². The average Bonchev–Trinajstić information content (AvgIpc) is 2.32. The minimum atomic E-state index is 0.923. The van der Waals surface area contributed by atoms with Gasteiger partial charge < -0.3 is 4.90 Å². The Balaban J connectivity index is 2.10. The van der Waals surface area contributed by atoms with Crippen LogP contribution in [0.25, 0.3) is 0 Å². The molecule has 0 bridgehead atoms. The molecule has 1 fully saturated rings.